The molecule has 1 unspecified atom stereocenters. The molecule has 0 aliphatic carbocycles. The zero-order chi connectivity index (χ0) is 26.3. The van der Waals surface area contributed by atoms with Crippen LogP contribution in [0.15, 0.2) is 60.7 Å². The Hall–Kier alpha value is -3.70. The van der Waals surface area contributed by atoms with Gasteiger partial charge < -0.3 is 15.4 Å². The van der Waals surface area contributed by atoms with Crippen LogP contribution in [0.25, 0.3) is 10.4 Å². The van der Waals surface area contributed by atoms with Crippen LogP contribution in [0.4, 0.5) is 10.7 Å². The van der Waals surface area contributed by atoms with E-state index in [0.29, 0.717) is 16.3 Å². The standard InChI is InChI=1S/C25H27N3O6S2/c1-4-34-25(31)20-15-21(18-10-6-5-7-11-18)35-24(20)27-23(30)16(2)26-22(29)14-17-9-8-12-19(13-17)28-36(3,32)33/h5-13,15-16,28H,4,14H2,1-3H3,(H,26,29)(H,27,30). The first-order chi connectivity index (χ1) is 17.1. The summed E-state index contributed by atoms with van der Waals surface area (Å²) in [5.74, 6) is -1.47. The van der Waals surface area contributed by atoms with E-state index in [1.807, 2.05) is 30.3 Å². The second-order valence-corrected chi connectivity index (χ2v) is 10.8. The number of hydrogen-bond donors (Lipinski definition) is 3. The summed E-state index contributed by atoms with van der Waals surface area (Å²) in [4.78, 5) is 38.6. The molecule has 3 aromatic rings. The fourth-order valence-electron chi connectivity index (χ4n) is 3.31. The number of ether oxygens (including phenoxy) is 1. The number of carbonyl (C=O) groups excluding carboxylic acids is 3. The van der Waals surface area contributed by atoms with Crippen molar-refractivity contribution in [3.8, 4) is 10.4 Å². The van der Waals surface area contributed by atoms with Crippen molar-refractivity contribution in [1.82, 2.24) is 5.32 Å². The molecule has 190 valence electrons. The smallest absolute Gasteiger partial charge is 0.341 e. The summed E-state index contributed by atoms with van der Waals surface area (Å²) in [6, 6.07) is 16.6. The third kappa shape index (κ3) is 7.65. The molecule has 0 saturated carbocycles. The first-order valence-electron chi connectivity index (χ1n) is 11.1. The van der Waals surface area contributed by atoms with Gasteiger partial charge in [0.05, 0.1) is 24.8 Å². The Morgan fingerprint density at radius 1 is 1.03 bits per heavy atom. The number of amides is 2. The number of esters is 1. The highest BCUT2D eigenvalue weighted by Gasteiger charge is 2.23. The fraction of sp³-hybridized carbons (Fsp3) is 0.240. The van der Waals surface area contributed by atoms with Crippen LogP contribution >= 0.6 is 11.3 Å². The molecule has 0 radical (unpaired) electrons. The first-order valence-corrected chi connectivity index (χ1v) is 13.8. The predicted molar refractivity (Wildman–Crippen MR) is 141 cm³/mol. The van der Waals surface area contributed by atoms with E-state index in [9.17, 15) is 22.8 Å². The Morgan fingerprint density at radius 3 is 2.42 bits per heavy atom. The van der Waals surface area contributed by atoms with Crippen molar-refractivity contribution in [2.24, 2.45) is 0 Å². The molecule has 3 N–H and O–H groups in total. The molecule has 0 spiro atoms. The van der Waals surface area contributed by atoms with Gasteiger partial charge in [-0.2, -0.15) is 0 Å². The summed E-state index contributed by atoms with van der Waals surface area (Å²) in [5.41, 5.74) is 2.04. The van der Waals surface area contributed by atoms with E-state index >= 15 is 0 Å². The minimum Gasteiger partial charge on any atom is -0.462 e. The van der Waals surface area contributed by atoms with Gasteiger partial charge in [0.2, 0.25) is 21.8 Å². The van der Waals surface area contributed by atoms with Gasteiger partial charge in [-0.1, -0.05) is 42.5 Å². The predicted octanol–water partition coefficient (Wildman–Crippen LogP) is 3.65. The molecule has 2 amide bonds. The lowest BCUT2D eigenvalue weighted by Crippen LogP contribution is -2.42. The number of benzene rings is 2. The molecule has 2 aromatic carbocycles. The molecular formula is C25H27N3O6S2. The Labute approximate surface area is 213 Å². The van der Waals surface area contributed by atoms with Crippen LogP contribution in [0.5, 0.6) is 0 Å². The van der Waals surface area contributed by atoms with Crippen LogP contribution in [-0.2, 0) is 30.8 Å². The normalized spacial score (nSPS) is 11.9. The number of hydrogen-bond acceptors (Lipinski definition) is 7. The second-order valence-electron chi connectivity index (χ2n) is 7.97. The second kappa shape index (κ2) is 11.8. The number of thiophene rings is 1. The minimum atomic E-state index is -3.45. The topological polar surface area (TPSA) is 131 Å². The van der Waals surface area contributed by atoms with Crippen LogP contribution in [-0.4, -0.2) is 45.1 Å². The van der Waals surface area contributed by atoms with Crippen LogP contribution in [0.2, 0.25) is 0 Å². The molecule has 0 saturated heterocycles. The van der Waals surface area contributed by atoms with Crippen LogP contribution in [0.1, 0.15) is 29.8 Å². The van der Waals surface area contributed by atoms with Gasteiger partial charge in [-0.25, -0.2) is 13.2 Å². The Balaban J connectivity index is 1.68. The van der Waals surface area contributed by atoms with Gasteiger partial charge in [-0.05, 0) is 43.2 Å². The van der Waals surface area contributed by atoms with E-state index in [1.165, 1.54) is 18.3 Å². The lowest BCUT2D eigenvalue weighted by atomic mass is 10.1. The fourth-order valence-corrected chi connectivity index (χ4v) is 4.92. The molecule has 1 atom stereocenters. The highest BCUT2D eigenvalue weighted by molar-refractivity contribution is 7.92. The van der Waals surface area contributed by atoms with Crippen molar-refractivity contribution in [3.05, 3.63) is 71.8 Å². The van der Waals surface area contributed by atoms with E-state index in [-0.39, 0.29) is 18.6 Å². The summed E-state index contributed by atoms with van der Waals surface area (Å²) >= 11 is 1.24. The molecular weight excluding hydrogens is 502 g/mol. The average molecular weight is 530 g/mol. The van der Waals surface area contributed by atoms with E-state index < -0.39 is 33.8 Å². The SMILES string of the molecule is CCOC(=O)c1cc(-c2ccccc2)sc1NC(=O)C(C)NC(=O)Cc1cccc(NS(C)(=O)=O)c1. The molecule has 0 fully saturated rings. The van der Waals surface area contributed by atoms with E-state index in [2.05, 4.69) is 15.4 Å². The lowest BCUT2D eigenvalue weighted by Gasteiger charge is -2.14. The Morgan fingerprint density at radius 2 is 1.75 bits per heavy atom. The summed E-state index contributed by atoms with van der Waals surface area (Å²) < 4.78 is 30.3. The van der Waals surface area contributed by atoms with Gasteiger partial charge in [0, 0.05) is 10.6 Å². The molecule has 1 heterocycles. The largest absolute Gasteiger partial charge is 0.462 e. The minimum absolute atomic E-state index is 0.0534. The van der Waals surface area contributed by atoms with E-state index in [4.69, 9.17) is 4.74 Å². The molecule has 0 aliphatic rings. The Kier molecular flexibility index (Phi) is 8.83. The van der Waals surface area contributed by atoms with Crippen molar-refractivity contribution in [1.29, 1.82) is 0 Å². The number of nitrogens with one attached hydrogen (secondary N) is 3. The summed E-state index contributed by atoms with van der Waals surface area (Å²) in [7, 11) is -3.45. The molecule has 36 heavy (non-hydrogen) atoms. The third-order valence-electron chi connectivity index (χ3n) is 4.89. The summed E-state index contributed by atoms with van der Waals surface area (Å²) in [6.45, 7) is 3.42. The first kappa shape index (κ1) is 26.9. The summed E-state index contributed by atoms with van der Waals surface area (Å²) in [6.07, 6.45) is 0.985. The van der Waals surface area contributed by atoms with Crippen molar-refractivity contribution >= 4 is 49.8 Å². The quantitative estimate of drug-likeness (QED) is 0.344. The zero-order valence-corrected chi connectivity index (χ0v) is 21.7. The van der Waals surface area contributed by atoms with Crippen LogP contribution in [0.3, 0.4) is 0 Å². The van der Waals surface area contributed by atoms with Crippen LogP contribution in [0, 0.1) is 0 Å². The number of anilines is 2. The van der Waals surface area contributed by atoms with Crippen LogP contribution < -0.4 is 15.4 Å². The maximum Gasteiger partial charge on any atom is 0.341 e. The number of sulfonamides is 1. The summed E-state index contributed by atoms with van der Waals surface area (Å²) in [5, 5.41) is 5.69. The highest BCUT2D eigenvalue weighted by Crippen LogP contribution is 2.36. The van der Waals surface area contributed by atoms with Crippen molar-refractivity contribution in [2.75, 3.05) is 22.9 Å². The molecule has 0 aliphatic heterocycles. The number of carbonyl (C=O) groups is 3. The van der Waals surface area contributed by atoms with Gasteiger partial charge in [-0.15, -0.1) is 11.3 Å². The average Bonchev–Trinajstić information content (AvgIpc) is 3.22. The monoisotopic (exact) mass is 529 g/mol. The molecule has 9 nitrogen and oxygen atoms in total. The molecule has 11 heteroatoms. The van der Waals surface area contributed by atoms with E-state index in [1.54, 1.807) is 37.3 Å². The van der Waals surface area contributed by atoms with Gasteiger partial charge >= 0.3 is 5.97 Å². The zero-order valence-electron chi connectivity index (χ0n) is 20.0. The molecule has 3 rings (SSSR count). The van der Waals surface area contributed by atoms with Gasteiger partial charge in [0.1, 0.15) is 11.0 Å². The van der Waals surface area contributed by atoms with E-state index in [0.717, 1.165) is 16.7 Å². The van der Waals surface area contributed by atoms with Crippen molar-refractivity contribution in [2.45, 2.75) is 26.3 Å². The van der Waals surface area contributed by atoms with Crippen molar-refractivity contribution in [3.63, 3.8) is 0 Å². The maximum absolute atomic E-state index is 12.8. The van der Waals surface area contributed by atoms with Gasteiger partial charge in [0.25, 0.3) is 0 Å². The Bertz CT molecular complexity index is 1350. The highest BCUT2D eigenvalue weighted by atomic mass is 32.2. The maximum atomic E-state index is 12.8. The van der Waals surface area contributed by atoms with Gasteiger partial charge in [-0.3, -0.25) is 14.3 Å². The molecule has 0 bridgehead atoms. The molecule has 1 aromatic heterocycles. The third-order valence-corrected chi connectivity index (χ3v) is 6.59. The van der Waals surface area contributed by atoms with Gasteiger partial charge in [0.15, 0.2) is 0 Å². The lowest BCUT2D eigenvalue weighted by molar-refractivity contribution is -0.125. The number of rotatable bonds is 10. The van der Waals surface area contributed by atoms with Crippen molar-refractivity contribution < 1.29 is 27.5 Å².